The van der Waals surface area contributed by atoms with E-state index in [9.17, 15) is 18.0 Å². The van der Waals surface area contributed by atoms with Crippen LogP contribution in [0.1, 0.15) is 23.3 Å². The molecule has 2 N–H and O–H groups in total. The highest BCUT2D eigenvalue weighted by Crippen LogP contribution is 2.36. The summed E-state index contributed by atoms with van der Waals surface area (Å²) in [5, 5.41) is 16.2. The van der Waals surface area contributed by atoms with Gasteiger partial charge in [-0.15, -0.1) is 10.2 Å². The van der Waals surface area contributed by atoms with Crippen LogP contribution in [0.4, 0.5) is 18.3 Å². The normalized spacial score (nSPS) is 21.6. The Hall–Kier alpha value is -2.63. The quantitative estimate of drug-likeness (QED) is 0.795. The Balaban J connectivity index is 0.000000260. The number of aliphatic carboxylic acids is 1. The summed E-state index contributed by atoms with van der Waals surface area (Å²) < 4.78 is 31.7. The number of nitrogens with zero attached hydrogens (tertiary/aromatic N) is 4. The van der Waals surface area contributed by atoms with Crippen LogP contribution in [-0.4, -0.2) is 68.4 Å². The van der Waals surface area contributed by atoms with Crippen molar-refractivity contribution in [2.45, 2.75) is 31.1 Å². The van der Waals surface area contributed by atoms with Gasteiger partial charge in [0, 0.05) is 19.3 Å². The van der Waals surface area contributed by atoms with E-state index in [0.717, 1.165) is 31.1 Å². The number of carboxylic acids is 1. The smallest absolute Gasteiger partial charge is 0.475 e. The summed E-state index contributed by atoms with van der Waals surface area (Å²) in [5.41, 5.74) is 2.44. The van der Waals surface area contributed by atoms with Gasteiger partial charge in [0.15, 0.2) is 0 Å². The van der Waals surface area contributed by atoms with Gasteiger partial charge in [-0.25, -0.2) is 4.79 Å². The minimum absolute atomic E-state index is 0.113. The Bertz CT molecular complexity index is 781. The van der Waals surface area contributed by atoms with Crippen molar-refractivity contribution in [3.05, 3.63) is 29.5 Å². The van der Waals surface area contributed by atoms with E-state index in [1.165, 1.54) is 0 Å². The zero-order valence-corrected chi connectivity index (χ0v) is 14.7. The molecule has 0 spiro atoms. The van der Waals surface area contributed by atoms with Crippen molar-refractivity contribution in [3.63, 3.8) is 0 Å². The predicted octanol–water partition coefficient (Wildman–Crippen LogP) is 1.99. The molecule has 8 nitrogen and oxygen atoms in total. The van der Waals surface area contributed by atoms with Crippen molar-refractivity contribution >= 4 is 28.3 Å². The second-order valence-corrected chi connectivity index (χ2v) is 6.82. The molecule has 2 aliphatic heterocycles. The third-order valence-corrected chi connectivity index (χ3v) is 5.23. The first-order valence-electron chi connectivity index (χ1n) is 8.06. The molecule has 0 aromatic carbocycles. The monoisotopic (exact) mass is 403 g/mol. The van der Waals surface area contributed by atoms with Crippen LogP contribution in [0.3, 0.4) is 0 Å². The van der Waals surface area contributed by atoms with Gasteiger partial charge in [-0.3, -0.25) is 4.79 Å². The van der Waals surface area contributed by atoms with Gasteiger partial charge < -0.3 is 19.9 Å². The highest BCUT2D eigenvalue weighted by molar-refractivity contribution is 7.13. The number of nitrogens with one attached hydrogen (secondary N) is 1. The largest absolute Gasteiger partial charge is 0.490 e. The van der Waals surface area contributed by atoms with Crippen molar-refractivity contribution < 1.29 is 27.9 Å². The van der Waals surface area contributed by atoms with E-state index in [1.54, 1.807) is 23.0 Å². The van der Waals surface area contributed by atoms with E-state index < -0.39 is 12.1 Å². The number of rotatable bonds is 2. The van der Waals surface area contributed by atoms with Gasteiger partial charge in [-0.1, -0.05) is 11.3 Å². The maximum Gasteiger partial charge on any atom is 0.490 e. The number of anilines is 1. The molecule has 0 saturated carbocycles. The molecule has 2 aliphatic rings. The van der Waals surface area contributed by atoms with Gasteiger partial charge in [0.05, 0.1) is 12.1 Å². The number of hydrogen-bond acceptors (Lipinski definition) is 6. The molecule has 2 aromatic rings. The highest BCUT2D eigenvalue weighted by atomic mass is 32.1. The van der Waals surface area contributed by atoms with Crippen molar-refractivity contribution in [3.8, 4) is 0 Å². The summed E-state index contributed by atoms with van der Waals surface area (Å²) >= 11 is 1.57. The first-order chi connectivity index (χ1) is 12.8. The lowest BCUT2D eigenvalue weighted by atomic mass is 10.1. The first kappa shape index (κ1) is 19.1. The maximum atomic E-state index is 12.5. The molecule has 4 heterocycles. The number of alkyl halides is 3. The molecule has 4 rings (SSSR count). The summed E-state index contributed by atoms with van der Waals surface area (Å²) in [4.78, 5) is 28.7. The number of H-pyrrole nitrogens is 1. The average Bonchev–Trinajstić information content (AvgIpc) is 3.36. The van der Waals surface area contributed by atoms with Crippen LogP contribution < -0.4 is 4.90 Å². The van der Waals surface area contributed by atoms with Gasteiger partial charge in [0.25, 0.3) is 5.91 Å². The number of aromatic amines is 1. The van der Waals surface area contributed by atoms with Crippen LogP contribution in [0.25, 0.3) is 0 Å². The minimum Gasteiger partial charge on any atom is -0.475 e. The van der Waals surface area contributed by atoms with Crippen LogP contribution >= 0.6 is 11.3 Å². The number of fused-ring (bicyclic) bond motifs is 1. The Morgan fingerprint density at radius 1 is 1.26 bits per heavy atom. The van der Waals surface area contributed by atoms with E-state index in [-0.39, 0.29) is 5.91 Å². The number of carbonyl (C=O) groups excluding carboxylic acids is 1. The number of carbonyl (C=O) groups is 2. The number of likely N-dealkylation sites (tertiary alicyclic amines) is 1. The van der Waals surface area contributed by atoms with E-state index >= 15 is 0 Å². The molecule has 27 heavy (non-hydrogen) atoms. The first-order valence-corrected chi connectivity index (χ1v) is 8.94. The number of halogens is 3. The molecule has 2 fully saturated rings. The van der Waals surface area contributed by atoms with Gasteiger partial charge in [-0.05, 0) is 25.0 Å². The Morgan fingerprint density at radius 3 is 2.52 bits per heavy atom. The second-order valence-electron chi connectivity index (χ2n) is 6.01. The molecule has 0 unspecified atom stereocenters. The van der Waals surface area contributed by atoms with E-state index in [0.29, 0.717) is 17.8 Å². The topological polar surface area (TPSA) is 102 Å². The maximum absolute atomic E-state index is 12.5. The minimum atomic E-state index is -5.08. The van der Waals surface area contributed by atoms with Crippen molar-refractivity contribution in [2.75, 3.05) is 18.0 Å². The lowest BCUT2D eigenvalue weighted by Crippen LogP contribution is -2.39. The van der Waals surface area contributed by atoms with Crippen molar-refractivity contribution in [1.29, 1.82) is 0 Å². The molecule has 2 saturated heterocycles. The molecular weight excluding hydrogens is 387 g/mol. The van der Waals surface area contributed by atoms with Gasteiger partial charge in [-0.2, -0.15) is 13.2 Å². The van der Waals surface area contributed by atoms with E-state index in [4.69, 9.17) is 9.90 Å². The molecule has 2 aromatic heterocycles. The zero-order valence-electron chi connectivity index (χ0n) is 13.9. The molecule has 1 amide bonds. The third kappa shape index (κ3) is 4.04. The van der Waals surface area contributed by atoms with Crippen LogP contribution in [0.2, 0.25) is 0 Å². The lowest BCUT2D eigenvalue weighted by molar-refractivity contribution is -0.192. The second kappa shape index (κ2) is 7.55. The van der Waals surface area contributed by atoms with Crippen LogP contribution in [-0.2, 0) is 4.79 Å². The van der Waals surface area contributed by atoms with Gasteiger partial charge in [0.2, 0.25) is 5.13 Å². The number of aromatic nitrogens is 3. The Labute approximate surface area is 155 Å². The SMILES string of the molecule is O=C(O)C(F)(F)F.O=C(c1ccc[nH]1)N1CC[C@H]2[C@H]1CCN2c1nncs1. The molecular formula is C15H16F3N5O3S. The summed E-state index contributed by atoms with van der Waals surface area (Å²) in [5.74, 6) is -2.64. The van der Waals surface area contributed by atoms with Crippen LogP contribution in [0, 0.1) is 0 Å². The summed E-state index contributed by atoms with van der Waals surface area (Å²) in [6.45, 7) is 1.78. The fraction of sp³-hybridized carbons (Fsp3) is 0.467. The standard InChI is InChI=1S/C13H15N5OS.C2HF3O2/c19-12(9-2-1-5-14-9)17-6-3-11-10(17)4-7-18(11)13-16-15-8-20-13;3-2(4,5)1(6)7/h1-2,5,8,10-11,14H,3-4,6-7H2;(H,6,7)/t10-,11+;/m1./s1. The Morgan fingerprint density at radius 2 is 1.96 bits per heavy atom. The molecule has 12 heteroatoms. The van der Waals surface area contributed by atoms with Gasteiger partial charge >= 0.3 is 12.1 Å². The summed E-state index contributed by atoms with van der Waals surface area (Å²) in [6, 6.07) is 4.40. The van der Waals surface area contributed by atoms with Crippen LogP contribution in [0.5, 0.6) is 0 Å². The number of amides is 1. The van der Waals surface area contributed by atoms with E-state index in [2.05, 4.69) is 20.1 Å². The summed E-state index contributed by atoms with van der Waals surface area (Å²) in [6.07, 6.45) is -1.27. The fourth-order valence-electron chi connectivity index (χ4n) is 3.39. The molecule has 0 bridgehead atoms. The summed E-state index contributed by atoms with van der Waals surface area (Å²) in [7, 11) is 0. The fourth-order valence-corrected chi connectivity index (χ4v) is 4.03. The van der Waals surface area contributed by atoms with Crippen LogP contribution in [0.15, 0.2) is 23.8 Å². The highest BCUT2D eigenvalue weighted by Gasteiger charge is 2.45. The van der Waals surface area contributed by atoms with Crippen molar-refractivity contribution in [2.24, 2.45) is 0 Å². The number of hydrogen-bond donors (Lipinski definition) is 2. The molecule has 146 valence electrons. The predicted molar refractivity (Wildman–Crippen MR) is 89.6 cm³/mol. The molecule has 2 atom stereocenters. The molecule has 0 radical (unpaired) electrons. The van der Waals surface area contributed by atoms with Gasteiger partial charge in [0.1, 0.15) is 11.2 Å². The average molecular weight is 403 g/mol. The molecule has 0 aliphatic carbocycles. The number of carboxylic acid groups (broad SMARTS) is 1. The third-order valence-electron chi connectivity index (χ3n) is 4.50. The zero-order chi connectivity index (χ0) is 19.6. The lowest BCUT2D eigenvalue weighted by Gasteiger charge is -2.24. The Kier molecular flexibility index (Phi) is 5.35. The van der Waals surface area contributed by atoms with Crippen molar-refractivity contribution in [1.82, 2.24) is 20.1 Å². The van der Waals surface area contributed by atoms with E-state index in [1.807, 2.05) is 17.0 Å².